The number of rotatable bonds is 8. The summed E-state index contributed by atoms with van der Waals surface area (Å²) in [5.41, 5.74) is 2.45. The molecule has 0 fully saturated rings. The van der Waals surface area contributed by atoms with Gasteiger partial charge in [0, 0.05) is 11.6 Å². The molecule has 1 N–H and O–H groups in total. The van der Waals surface area contributed by atoms with Crippen molar-refractivity contribution in [3.8, 4) is 11.5 Å². The molecule has 0 aliphatic carbocycles. The van der Waals surface area contributed by atoms with Crippen LogP contribution in [0.1, 0.15) is 42.6 Å². The first-order valence-electron chi connectivity index (χ1n) is 8.39. The Morgan fingerprint density at radius 1 is 1.15 bits per heavy atom. The number of benzene rings is 2. The Morgan fingerprint density at radius 2 is 1.81 bits per heavy atom. The SMILES string of the molecule is CCCO[C@H](CC(=O)O)c1ccc(Oc2cc(C)c(Cl)c(C)c2Cl)cc1. The molecule has 0 heterocycles. The van der Waals surface area contributed by atoms with Crippen molar-refractivity contribution < 1.29 is 19.4 Å². The fourth-order valence-corrected chi connectivity index (χ4v) is 2.93. The van der Waals surface area contributed by atoms with Crippen molar-refractivity contribution in [3.05, 3.63) is 57.1 Å². The minimum absolute atomic E-state index is 0.0817. The van der Waals surface area contributed by atoms with Crippen LogP contribution in [0.2, 0.25) is 10.0 Å². The Balaban J connectivity index is 2.20. The second kappa shape index (κ2) is 9.26. The Labute approximate surface area is 163 Å². The lowest BCUT2D eigenvalue weighted by atomic mass is 10.1. The standard InChI is InChI=1S/C20H22Cl2O4/c1-4-9-25-16(11-18(23)24)14-5-7-15(8-6-14)26-17-10-12(2)19(21)13(3)20(17)22/h5-8,10,16H,4,9,11H2,1-3H3,(H,23,24)/t16-/m1/s1. The highest BCUT2D eigenvalue weighted by molar-refractivity contribution is 6.37. The fourth-order valence-electron chi connectivity index (χ4n) is 2.54. The zero-order valence-corrected chi connectivity index (χ0v) is 16.5. The van der Waals surface area contributed by atoms with Crippen LogP contribution in [0, 0.1) is 13.8 Å². The van der Waals surface area contributed by atoms with Crippen molar-refractivity contribution in [1.82, 2.24) is 0 Å². The van der Waals surface area contributed by atoms with Crippen LogP contribution >= 0.6 is 23.2 Å². The zero-order chi connectivity index (χ0) is 19.3. The molecule has 0 aromatic heterocycles. The van der Waals surface area contributed by atoms with Crippen molar-refractivity contribution in [1.29, 1.82) is 0 Å². The third kappa shape index (κ3) is 5.13. The van der Waals surface area contributed by atoms with Gasteiger partial charge in [-0.25, -0.2) is 0 Å². The summed E-state index contributed by atoms with van der Waals surface area (Å²) >= 11 is 12.5. The molecule has 0 unspecified atom stereocenters. The summed E-state index contributed by atoms with van der Waals surface area (Å²) in [6.07, 6.45) is 0.261. The second-order valence-corrected chi connectivity index (χ2v) is 6.83. The quantitative estimate of drug-likeness (QED) is 0.564. The predicted octanol–water partition coefficient (Wildman–Crippen LogP) is 6.34. The van der Waals surface area contributed by atoms with E-state index >= 15 is 0 Å². The van der Waals surface area contributed by atoms with Crippen LogP contribution in [0.4, 0.5) is 0 Å². The maximum Gasteiger partial charge on any atom is 0.306 e. The predicted molar refractivity (Wildman–Crippen MR) is 104 cm³/mol. The number of carbonyl (C=O) groups is 1. The number of hydrogen-bond donors (Lipinski definition) is 1. The lowest BCUT2D eigenvalue weighted by molar-refractivity contribution is -0.140. The Hall–Kier alpha value is -1.75. The van der Waals surface area contributed by atoms with Gasteiger partial charge < -0.3 is 14.6 Å². The van der Waals surface area contributed by atoms with Gasteiger partial charge in [0.1, 0.15) is 11.5 Å². The maximum atomic E-state index is 11.1. The Morgan fingerprint density at radius 3 is 2.38 bits per heavy atom. The Bertz CT molecular complexity index is 772. The number of ether oxygens (including phenoxy) is 2. The van der Waals surface area contributed by atoms with Gasteiger partial charge in [-0.15, -0.1) is 0 Å². The number of carboxylic acid groups (broad SMARTS) is 1. The highest BCUT2D eigenvalue weighted by Gasteiger charge is 2.17. The van der Waals surface area contributed by atoms with Crippen LogP contribution in [0.25, 0.3) is 0 Å². The molecule has 0 saturated heterocycles. The lowest BCUT2D eigenvalue weighted by Gasteiger charge is -2.17. The number of hydrogen-bond acceptors (Lipinski definition) is 3. The molecule has 0 spiro atoms. The van der Waals surface area contributed by atoms with Gasteiger partial charge in [0.25, 0.3) is 0 Å². The highest BCUT2D eigenvalue weighted by atomic mass is 35.5. The van der Waals surface area contributed by atoms with Crippen LogP contribution in [0.15, 0.2) is 30.3 Å². The van der Waals surface area contributed by atoms with E-state index in [1.807, 2.05) is 32.9 Å². The Kier molecular flexibility index (Phi) is 7.33. The highest BCUT2D eigenvalue weighted by Crippen LogP contribution is 2.38. The van der Waals surface area contributed by atoms with Crippen LogP contribution in [0.5, 0.6) is 11.5 Å². The minimum atomic E-state index is -0.898. The number of carboxylic acids is 1. The third-order valence-corrected chi connectivity index (χ3v) is 4.98. The fraction of sp³-hybridized carbons (Fsp3) is 0.350. The van der Waals surface area contributed by atoms with Crippen LogP contribution in [0.3, 0.4) is 0 Å². The van der Waals surface area contributed by atoms with E-state index in [1.165, 1.54) is 0 Å². The van der Waals surface area contributed by atoms with Gasteiger partial charge in [-0.1, -0.05) is 42.3 Å². The summed E-state index contributed by atoms with van der Waals surface area (Å²) in [5.74, 6) is 0.231. The van der Waals surface area contributed by atoms with E-state index in [4.69, 9.17) is 37.8 Å². The number of aryl methyl sites for hydroxylation is 1. The third-order valence-electron chi connectivity index (χ3n) is 3.93. The molecule has 4 nitrogen and oxygen atoms in total. The molecule has 0 radical (unpaired) electrons. The molecule has 2 aromatic carbocycles. The molecule has 2 rings (SSSR count). The van der Waals surface area contributed by atoms with Gasteiger partial charge in [0.05, 0.1) is 17.5 Å². The van der Waals surface area contributed by atoms with E-state index in [9.17, 15) is 4.79 Å². The van der Waals surface area contributed by atoms with Crippen LogP contribution < -0.4 is 4.74 Å². The van der Waals surface area contributed by atoms with Crippen molar-refractivity contribution in [3.63, 3.8) is 0 Å². The summed E-state index contributed by atoms with van der Waals surface area (Å²) in [6, 6.07) is 8.96. The van der Waals surface area contributed by atoms with Gasteiger partial charge >= 0.3 is 5.97 Å². The topological polar surface area (TPSA) is 55.8 Å². The first-order valence-corrected chi connectivity index (χ1v) is 9.15. The van der Waals surface area contributed by atoms with Crippen LogP contribution in [-0.2, 0) is 9.53 Å². The van der Waals surface area contributed by atoms with Crippen molar-refractivity contribution in [2.45, 2.75) is 39.7 Å². The van der Waals surface area contributed by atoms with E-state index < -0.39 is 12.1 Å². The van der Waals surface area contributed by atoms with Crippen molar-refractivity contribution in [2.75, 3.05) is 6.61 Å². The zero-order valence-electron chi connectivity index (χ0n) is 15.0. The summed E-state index contributed by atoms with van der Waals surface area (Å²) in [6.45, 7) is 6.22. The van der Waals surface area contributed by atoms with Gasteiger partial charge in [-0.2, -0.15) is 0 Å². The minimum Gasteiger partial charge on any atom is -0.481 e. The van der Waals surface area contributed by atoms with E-state index in [0.29, 0.717) is 28.2 Å². The van der Waals surface area contributed by atoms with Gasteiger partial charge in [0.2, 0.25) is 0 Å². The average Bonchev–Trinajstić information content (AvgIpc) is 2.61. The lowest BCUT2D eigenvalue weighted by Crippen LogP contribution is -2.10. The molecule has 1 atom stereocenters. The first-order chi connectivity index (χ1) is 12.3. The molecule has 0 aliphatic rings. The number of aliphatic carboxylic acids is 1. The molecule has 0 aliphatic heterocycles. The van der Waals surface area contributed by atoms with E-state index in [1.54, 1.807) is 18.2 Å². The maximum absolute atomic E-state index is 11.1. The van der Waals surface area contributed by atoms with Crippen molar-refractivity contribution >= 4 is 29.2 Å². The first kappa shape index (κ1) is 20.6. The normalized spacial score (nSPS) is 12.0. The molecule has 0 saturated carbocycles. The largest absolute Gasteiger partial charge is 0.481 e. The van der Waals surface area contributed by atoms with E-state index in [-0.39, 0.29) is 6.42 Å². The molecule has 0 amide bonds. The molecule has 140 valence electrons. The van der Waals surface area contributed by atoms with E-state index in [0.717, 1.165) is 23.1 Å². The summed E-state index contributed by atoms with van der Waals surface area (Å²) in [4.78, 5) is 11.1. The average molecular weight is 397 g/mol. The summed E-state index contributed by atoms with van der Waals surface area (Å²) in [5, 5.41) is 10.2. The molecular weight excluding hydrogens is 375 g/mol. The number of halogens is 2. The molecule has 26 heavy (non-hydrogen) atoms. The molecule has 0 bridgehead atoms. The van der Waals surface area contributed by atoms with E-state index in [2.05, 4.69) is 0 Å². The van der Waals surface area contributed by atoms with Crippen LogP contribution in [-0.4, -0.2) is 17.7 Å². The second-order valence-electron chi connectivity index (χ2n) is 6.07. The van der Waals surface area contributed by atoms with Gasteiger partial charge in [0.15, 0.2) is 0 Å². The molecule has 6 heteroatoms. The summed E-state index contributed by atoms with van der Waals surface area (Å²) < 4.78 is 11.5. The van der Waals surface area contributed by atoms with Gasteiger partial charge in [-0.05, 0) is 55.2 Å². The van der Waals surface area contributed by atoms with Gasteiger partial charge in [-0.3, -0.25) is 4.79 Å². The molecular formula is C20H22Cl2O4. The summed E-state index contributed by atoms with van der Waals surface area (Å²) in [7, 11) is 0. The smallest absolute Gasteiger partial charge is 0.306 e. The monoisotopic (exact) mass is 396 g/mol. The molecule has 2 aromatic rings. The van der Waals surface area contributed by atoms with Crippen molar-refractivity contribution in [2.24, 2.45) is 0 Å².